The Bertz CT molecular complexity index is 1450. The van der Waals surface area contributed by atoms with E-state index in [0.29, 0.717) is 22.0 Å². The van der Waals surface area contributed by atoms with Crippen LogP contribution in [0.15, 0.2) is 42.6 Å². The number of hydrogen-bond donors (Lipinski definition) is 2. The molecule has 0 spiro atoms. The van der Waals surface area contributed by atoms with E-state index in [1.54, 1.807) is 25.1 Å². The Morgan fingerprint density at radius 1 is 1.26 bits per heavy atom. The van der Waals surface area contributed by atoms with Gasteiger partial charge in [0.05, 0.1) is 17.2 Å². The summed E-state index contributed by atoms with van der Waals surface area (Å²) in [5.74, 6) is -2.06. The molecule has 0 aliphatic carbocycles. The molecule has 202 valence electrons. The monoisotopic (exact) mass is 565 g/mol. The summed E-state index contributed by atoms with van der Waals surface area (Å²) in [6.45, 7) is 2.25. The highest BCUT2D eigenvalue weighted by Crippen LogP contribution is 2.38. The molecule has 4 atom stereocenters. The number of aromatic nitrogens is 1. The smallest absolute Gasteiger partial charge is 0.243 e. The van der Waals surface area contributed by atoms with Gasteiger partial charge in [0.2, 0.25) is 11.8 Å². The summed E-state index contributed by atoms with van der Waals surface area (Å²) in [7, 11) is -2.86. The normalized spacial score (nSPS) is 18.9. The fourth-order valence-electron chi connectivity index (χ4n) is 4.66. The van der Waals surface area contributed by atoms with Crippen LogP contribution in [-0.2, 0) is 27.2 Å². The number of halogens is 3. The molecule has 2 N–H and O–H groups in total. The minimum absolute atomic E-state index is 0.0915. The predicted molar refractivity (Wildman–Crippen MR) is 140 cm³/mol. The number of nitrogens with zero attached hydrogens (tertiary/aromatic N) is 2. The molecule has 0 radical (unpaired) electrons. The quantitative estimate of drug-likeness (QED) is 0.310. The van der Waals surface area contributed by atoms with Crippen LogP contribution < -0.4 is 5.32 Å². The number of carbonyl (C=O) groups excluding carboxylic acids is 3. The summed E-state index contributed by atoms with van der Waals surface area (Å²) in [6.07, 6.45) is -0.101. The number of amides is 2. The lowest BCUT2D eigenvalue weighted by Crippen LogP contribution is -2.46. The second-order valence-electron chi connectivity index (χ2n) is 9.39. The Morgan fingerprint density at radius 3 is 2.68 bits per heavy atom. The molecule has 0 saturated carbocycles. The van der Waals surface area contributed by atoms with Crippen molar-refractivity contribution in [1.82, 2.24) is 14.8 Å². The van der Waals surface area contributed by atoms with Crippen LogP contribution in [0.25, 0.3) is 10.9 Å². The minimum atomic E-state index is -2.86. The number of ketones is 1. The molecule has 2 unspecified atom stereocenters. The summed E-state index contributed by atoms with van der Waals surface area (Å²) >= 11 is 5.78. The number of fused-ring (bicyclic) bond motifs is 1. The van der Waals surface area contributed by atoms with Gasteiger partial charge in [0.25, 0.3) is 0 Å². The standard InChI is InChI=1S/C26H27ClF2N3O5P/c1-14(33)20-12-31(22-8-16(6-7-19(20)22)15(2)38(36)37)13-24(34)32-11-18(28)9-23(32)26(35)30-10-17-4-3-5-21(27)25(17)29/h3-8,12,15,18,23,38H,9-11,13H2,1-2H3,(H,30,35)(H,36,37)/t15?,18-,23+/m1/s1. The lowest BCUT2D eigenvalue weighted by molar-refractivity contribution is -0.139. The summed E-state index contributed by atoms with van der Waals surface area (Å²) in [5.41, 5.74) is 0.967. The van der Waals surface area contributed by atoms with Gasteiger partial charge in [0.15, 0.2) is 13.8 Å². The third-order valence-electron chi connectivity index (χ3n) is 6.82. The lowest BCUT2D eigenvalue weighted by Gasteiger charge is -2.24. The molecular weight excluding hydrogens is 539 g/mol. The largest absolute Gasteiger partial charge is 0.350 e. The van der Waals surface area contributed by atoms with E-state index >= 15 is 0 Å². The second kappa shape index (κ2) is 11.4. The molecule has 2 amide bonds. The molecule has 3 aromatic rings. The number of likely N-dealkylation sites (tertiary alicyclic amines) is 1. The van der Waals surface area contributed by atoms with Gasteiger partial charge < -0.3 is 19.7 Å². The third-order valence-corrected chi connectivity index (χ3v) is 8.19. The minimum Gasteiger partial charge on any atom is -0.350 e. The van der Waals surface area contributed by atoms with Gasteiger partial charge in [0, 0.05) is 41.2 Å². The number of hydrogen-bond acceptors (Lipinski definition) is 4. The first-order valence-corrected chi connectivity index (χ1v) is 13.8. The maximum absolute atomic E-state index is 14.4. The predicted octanol–water partition coefficient (Wildman–Crippen LogP) is 4.42. The molecule has 8 nitrogen and oxygen atoms in total. The summed E-state index contributed by atoms with van der Waals surface area (Å²) in [5, 5.41) is 3.04. The van der Waals surface area contributed by atoms with Crippen LogP contribution in [0.5, 0.6) is 0 Å². The van der Waals surface area contributed by atoms with Crippen molar-refractivity contribution in [3.05, 3.63) is 70.1 Å². The number of alkyl halides is 1. The number of benzene rings is 2. The first-order valence-electron chi connectivity index (χ1n) is 12.0. The molecule has 2 heterocycles. The molecule has 1 aliphatic heterocycles. The zero-order valence-electron chi connectivity index (χ0n) is 20.7. The van der Waals surface area contributed by atoms with Gasteiger partial charge in [-0.15, -0.1) is 0 Å². The summed E-state index contributed by atoms with van der Waals surface area (Å²) in [4.78, 5) is 49.1. The van der Waals surface area contributed by atoms with Crippen molar-refractivity contribution in [2.45, 2.75) is 51.2 Å². The molecule has 1 saturated heterocycles. The van der Waals surface area contributed by atoms with Gasteiger partial charge >= 0.3 is 0 Å². The van der Waals surface area contributed by atoms with Gasteiger partial charge in [-0.05, 0) is 31.5 Å². The van der Waals surface area contributed by atoms with E-state index in [0.717, 1.165) is 4.90 Å². The topological polar surface area (TPSA) is 109 Å². The maximum atomic E-state index is 14.4. The molecule has 38 heavy (non-hydrogen) atoms. The van der Waals surface area contributed by atoms with Gasteiger partial charge in [0.1, 0.15) is 24.6 Å². The average molecular weight is 566 g/mol. The molecule has 1 aliphatic rings. The van der Waals surface area contributed by atoms with Crippen LogP contribution in [0, 0.1) is 5.82 Å². The highest BCUT2D eigenvalue weighted by atomic mass is 35.5. The SMILES string of the molecule is CC(=O)c1cn(CC(=O)N2C[C@H](F)C[C@H]2C(=O)NCc2cccc(Cl)c2F)c2cc(C(C)[PH](=O)O)ccc12. The van der Waals surface area contributed by atoms with Gasteiger partial charge in [-0.1, -0.05) is 35.9 Å². The van der Waals surface area contributed by atoms with Crippen molar-refractivity contribution in [2.75, 3.05) is 6.54 Å². The Balaban J connectivity index is 1.57. The maximum Gasteiger partial charge on any atom is 0.243 e. The lowest BCUT2D eigenvalue weighted by atomic mass is 10.1. The second-order valence-corrected chi connectivity index (χ2v) is 11.3. The Kier molecular flexibility index (Phi) is 8.35. The highest BCUT2D eigenvalue weighted by Gasteiger charge is 2.39. The molecule has 2 aromatic carbocycles. The van der Waals surface area contributed by atoms with Crippen molar-refractivity contribution < 1.29 is 32.6 Å². The zero-order chi connectivity index (χ0) is 27.7. The number of Topliss-reactive ketones (excluding diaryl/α,β-unsaturated/α-hetero) is 1. The molecule has 1 fully saturated rings. The Labute approximate surface area is 223 Å². The van der Waals surface area contributed by atoms with Crippen molar-refractivity contribution in [1.29, 1.82) is 0 Å². The molecule has 1 aromatic heterocycles. The summed E-state index contributed by atoms with van der Waals surface area (Å²) in [6, 6.07) is 8.28. The van der Waals surface area contributed by atoms with E-state index in [2.05, 4.69) is 5.32 Å². The van der Waals surface area contributed by atoms with E-state index in [1.807, 2.05) is 0 Å². The van der Waals surface area contributed by atoms with Crippen molar-refractivity contribution in [3.8, 4) is 0 Å². The van der Waals surface area contributed by atoms with E-state index in [-0.39, 0.29) is 42.4 Å². The van der Waals surface area contributed by atoms with Gasteiger partial charge in [-0.25, -0.2) is 8.78 Å². The summed E-state index contributed by atoms with van der Waals surface area (Å²) < 4.78 is 41.8. The van der Waals surface area contributed by atoms with E-state index in [1.165, 1.54) is 35.9 Å². The fraction of sp³-hybridized carbons (Fsp3) is 0.346. The molecule has 0 bridgehead atoms. The van der Waals surface area contributed by atoms with Crippen molar-refractivity contribution >= 4 is 48.1 Å². The first-order chi connectivity index (χ1) is 18.0. The third kappa shape index (κ3) is 5.67. The van der Waals surface area contributed by atoms with Crippen LogP contribution in [0.3, 0.4) is 0 Å². The molecular formula is C26H27ClF2N3O5P. The Morgan fingerprint density at radius 2 is 2.00 bits per heavy atom. The van der Waals surface area contributed by atoms with Crippen LogP contribution >= 0.6 is 19.6 Å². The van der Waals surface area contributed by atoms with Crippen molar-refractivity contribution in [3.63, 3.8) is 0 Å². The van der Waals surface area contributed by atoms with Crippen LogP contribution in [-0.4, -0.2) is 50.7 Å². The van der Waals surface area contributed by atoms with Gasteiger partial charge in [-0.2, -0.15) is 0 Å². The fourth-order valence-corrected chi connectivity index (χ4v) is 5.32. The first kappa shape index (κ1) is 28.0. The molecule has 4 rings (SSSR count). The zero-order valence-corrected chi connectivity index (χ0v) is 22.5. The number of nitrogens with one attached hydrogen (secondary N) is 1. The average Bonchev–Trinajstić information content (AvgIpc) is 3.44. The van der Waals surface area contributed by atoms with Crippen LogP contribution in [0.1, 0.15) is 47.4 Å². The van der Waals surface area contributed by atoms with Crippen LogP contribution in [0.4, 0.5) is 8.78 Å². The Hall–Kier alpha value is -3.07. The van der Waals surface area contributed by atoms with Crippen molar-refractivity contribution in [2.24, 2.45) is 0 Å². The van der Waals surface area contributed by atoms with Crippen LogP contribution in [0.2, 0.25) is 5.02 Å². The van der Waals surface area contributed by atoms with E-state index in [4.69, 9.17) is 11.6 Å². The van der Waals surface area contributed by atoms with Gasteiger partial charge in [-0.3, -0.25) is 18.9 Å². The van der Waals surface area contributed by atoms with E-state index in [9.17, 15) is 32.6 Å². The molecule has 12 heteroatoms. The number of rotatable bonds is 8. The number of carbonyl (C=O) groups is 3. The van der Waals surface area contributed by atoms with E-state index < -0.39 is 43.5 Å². The highest BCUT2D eigenvalue weighted by molar-refractivity contribution is 7.38.